The summed E-state index contributed by atoms with van der Waals surface area (Å²) in [5.74, 6) is 0. The van der Waals surface area contributed by atoms with Crippen molar-refractivity contribution in [2.75, 3.05) is 13.2 Å². The monoisotopic (exact) mass is 880 g/mol. The van der Waals surface area contributed by atoms with Gasteiger partial charge in [0.1, 0.15) is 48.8 Å². The van der Waals surface area contributed by atoms with E-state index in [9.17, 15) is 5.11 Å². The molecule has 0 saturated carbocycles. The number of aliphatic hydroxyl groups is 1. The Balaban J connectivity index is 1.06. The maximum Gasteiger partial charge on any atom is 0.187 e. The summed E-state index contributed by atoms with van der Waals surface area (Å²) in [7, 11) is 0. The third-order valence-corrected chi connectivity index (χ3v) is 11.8. The van der Waals surface area contributed by atoms with E-state index < -0.39 is 67.7 Å². The highest BCUT2D eigenvalue weighted by molar-refractivity contribution is 5.19. The highest BCUT2D eigenvalue weighted by Gasteiger charge is 2.55. The Morgan fingerprint density at radius 1 is 0.431 bits per heavy atom. The zero-order chi connectivity index (χ0) is 44.0. The standard InChI is InChI=1S/C54H56O11/c55-46-47-45(37-61-52(64-47)43-29-17-6-18-30-43)62-53(60-35-42-27-15-5-16-28-42)49(46)65-54-51(59-34-41-25-13-4-14-26-41)50(58-33-40-23-11-3-12-24-40)48(57-32-39-21-9-2-10-22-39)44(63-54)36-56-31-38-19-7-1-8-20-38/h1-30,44-55H,31-37H2/t44-,45-,46+,47+,48+,49-,50+,51-,52?,53-,54-/m1/s1. The molecule has 0 radical (unpaired) electrons. The summed E-state index contributed by atoms with van der Waals surface area (Å²) < 4.78 is 67.0. The van der Waals surface area contributed by atoms with E-state index in [1.54, 1.807) is 0 Å². The van der Waals surface area contributed by atoms with E-state index >= 15 is 0 Å². The lowest BCUT2D eigenvalue weighted by Gasteiger charge is -2.50. The van der Waals surface area contributed by atoms with Crippen LogP contribution in [0.25, 0.3) is 0 Å². The van der Waals surface area contributed by atoms with Gasteiger partial charge in [-0.25, -0.2) is 0 Å². The van der Waals surface area contributed by atoms with Gasteiger partial charge in [0.15, 0.2) is 18.9 Å². The fourth-order valence-corrected chi connectivity index (χ4v) is 8.39. The molecule has 0 spiro atoms. The molecule has 1 unspecified atom stereocenters. The van der Waals surface area contributed by atoms with E-state index in [4.69, 9.17) is 47.4 Å². The molecular weight excluding hydrogens is 825 g/mol. The van der Waals surface area contributed by atoms with Gasteiger partial charge in [0.05, 0.1) is 46.2 Å². The maximum absolute atomic E-state index is 12.5. The van der Waals surface area contributed by atoms with Crippen LogP contribution in [0.5, 0.6) is 0 Å². The second kappa shape index (κ2) is 22.9. The van der Waals surface area contributed by atoms with Crippen molar-refractivity contribution in [2.45, 2.75) is 101 Å². The molecule has 9 rings (SSSR count). The summed E-state index contributed by atoms with van der Waals surface area (Å²) in [6.45, 7) is 1.58. The van der Waals surface area contributed by atoms with Crippen LogP contribution in [0.15, 0.2) is 182 Å². The molecule has 0 amide bonds. The minimum atomic E-state index is -1.24. The Morgan fingerprint density at radius 2 is 0.877 bits per heavy atom. The molecule has 3 saturated heterocycles. The molecule has 6 aromatic carbocycles. The molecule has 11 heteroatoms. The fourth-order valence-electron chi connectivity index (χ4n) is 8.39. The molecule has 3 aliphatic rings. The van der Waals surface area contributed by atoms with Crippen LogP contribution >= 0.6 is 0 Å². The Morgan fingerprint density at radius 3 is 1.40 bits per heavy atom. The van der Waals surface area contributed by atoms with Gasteiger partial charge in [-0.05, 0) is 27.8 Å². The number of rotatable bonds is 19. The predicted molar refractivity (Wildman–Crippen MR) is 241 cm³/mol. The third-order valence-electron chi connectivity index (χ3n) is 11.8. The summed E-state index contributed by atoms with van der Waals surface area (Å²) in [6, 6.07) is 59.3. The van der Waals surface area contributed by atoms with Crippen LogP contribution in [0.1, 0.15) is 39.7 Å². The predicted octanol–water partition coefficient (Wildman–Crippen LogP) is 8.49. The van der Waals surface area contributed by atoms with Gasteiger partial charge in [-0.1, -0.05) is 182 Å². The van der Waals surface area contributed by atoms with Gasteiger partial charge in [0.2, 0.25) is 0 Å². The Labute approximate surface area is 380 Å². The van der Waals surface area contributed by atoms with Crippen molar-refractivity contribution in [3.8, 4) is 0 Å². The molecule has 3 fully saturated rings. The first-order chi connectivity index (χ1) is 32.1. The van der Waals surface area contributed by atoms with Crippen molar-refractivity contribution < 1.29 is 52.5 Å². The first-order valence-electron chi connectivity index (χ1n) is 22.3. The van der Waals surface area contributed by atoms with Crippen LogP contribution in [0.3, 0.4) is 0 Å². The van der Waals surface area contributed by atoms with Crippen LogP contribution in [0.4, 0.5) is 0 Å². The van der Waals surface area contributed by atoms with Gasteiger partial charge in [0.25, 0.3) is 0 Å². The number of ether oxygens (including phenoxy) is 10. The number of aliphatic hydroxyl groups excluding tert-OH is 1. The maximum atomic E-state index is 12.5. The smallest absolute Gasteiger partial charge is 0.187 e. The van der Waals surface area contributed by atoms with E-state index in [0.29, 0.717) is 6.61 Å². The summed E-state index contributed by atoms with van der Waals surface area (Å²) in [5.41, 5.74) is 5.66. The van der Waals surface area contributed by atoms with Gasteiger partial charge in [-0.3, -0.25) is 0 Å². The highest BCUT2D eigenvalue weighted by Crippen LogP contribution is 2.39. The van der Waals surface area contributed by atoms with E-state index in [1.165, 1.54) is 0 Å². The number of hydrogen-bond acceptors (Lipinski definition) is 11. The molecule has 11 nitrogen and oxygen atoms in total. The molecule has 6 aromatic rings. The largest absolute Gasteiger partial charge is 0.387 e. The Hall–Kier alpha value is -5.12. The van der Waals surface area contributed by atoms with Crippen molar-refractivity contribution in [3.63, 3.8) is 0 Å². The van der Waals surface area contributed by atoms with Crippen LogP contribution in [-0.2, 0) is 80.4 Å². The second-order valence-corrected chi connectivity index (χ2v) is 16.4. The molecule has 11 atom stereocenters. The topological polar surface area (TPSA) is 113 Å². The molecular formula is C54H56O11. The minimum Gasteiger partial charge on any atom is -0.387 e. The van der Waals surface area contributed by atoms with Gasteiger partial charge >= 0.3 is 0 Å². The minimum absolute atomic E-state index is 0.131. The molecule has 0 aromatic heterocycles. The SMILES string of the molecule is O[C@H]1[C@H]2OC(c3ccccc3)OC[C@H]2O[C@@H](OCc2ccccc2)[C@@H]1O[C@H]1O[C@H](COCc2ccccc2)[C@H](OCc2ccccc2)[C@H](OCc2ccccc2)[C@H]1OCc1ccccc1. The average molecular weight is 881 g/mol. The molecule has 3 heterocycles. The summed E-state index contributed by atoms with van der Waals surface area (Å²) in [5, 5.41) is 12.5. The molecule has 3 aliphatic heterocycles. The number of hydrogen-bond donors (Lipinski definition) is 1. The van der Waals surface area contributed by atoms with Gasteiger partial charge in [-0.15, -0.1) is 0 Å². The lowest BCUT2D eigenvalue weighted by molar-refractivity contribution is -0.399. The highest BCUT2D eigenvalue weighted by atomic mass is 16.8. The molecule has 338 valence electrons. The lowest BCUT2D eigenvalue weighted by atomic mass is 9.95. The average Bonchev–Trinajstić information content (AvgIpc) is 3.37. The van der Waals surface area contributed by atoms with E-state index in [-0.39, 0.29) is 39.6 Å². The normalized spacial score (nSPS) is 27.7. The molecule has 0 bridgehead atoms. The number of benzene rings is 6. The summed E-state index contributed by atoms with van der Waals surface area (Å²) in [6.07, 6.45) is -9.84. The van der Waals surface area contributed by atoms with Crippen molar-refractivity contribution >= 4 is 0 Å². The zero-order valence-corrected chi connectivity index (χ0v) is 36.2. The van der Waals surface area contributed by atoms with Crippen molar-refractivity contribution in [1.82, 2.24) is 0 Å². The van der Waals surface area contributed by atoms with Crippen molar-refractivity contribution in [1.29, 1.82) is 0 Å². The summed E-state index contributed by atoms with van der Waals surface area (Å²) in [4.78, 5) is 0. The van der Waals surface area contributed by atoms with E-state index in [1.807, 2.05) is 182 Å². The lowest BCUT2D eigenvalue weighted by Crippen LogP contribution is -2.66. The van der Waals surface area contributed by atoms with Crippen LogP contribution in [0.2, 0.25) is 0 Å². The second-order valence-electron chi connectivity index (χ2n) is 16.4. The van der Waals surface area contributed by atoms with Gasteiger partial charge in [-0.2, -0.15) is 0 Å². The third kappa shape index (κ3) is 12.0. The van der Waals surface area contributed by atoms with Crippen LogP contribution < -0.4 is 0 Å². The van der Waals surface area contributed by atoms with Gasteiger partial charge < -0.3 is 52.5 Å². The number of fused-ring (bicyclic) bond motifs is 1. The van der Waals surface area contributed by atoms with Crippen LogP contribution in [-0.4, -0.2) is 79.7 Å². The first kappa shape index (κ1) is 45.1. The van der Waals surface area contributed by atoms with Crippen molar-refractivity contribution in [3.05, 3.63) is 215 Å². The van der Waals surface area contributed by atoms with E-state index in [0.717, 1.165) is 33.4 Å². The first-order valence-corrected chi connectivity index (χ1v) is 22.3. The molecule has 65 heavy (non-hydrogen) atoms. The van der Waals surface area contributed by atoms with Gasteiger partial charge in [0, 0.05) is 5.56 Å². The van der Waals surface area contributed by atoms with E-state index in [2.05, 4.69) is 0 Å². The molecule has 1 N–H and O–H groups in total. The Bertz CT molecular complexity index is 2260. The molecule has 0 aliphatic carbocycles. The summed E-state index contributed by atoms with van der Waals surface area (Å²) >= 11 is 0. The fraction of sp³-hybridized carbons (Fsp3) is 0.333. The Kier molecular flexibility index (Phi) is 15.8. The zero-order valence-electron chi connectivity index (χ0n) is 36.2. The quantitative estimate of drug-likeness (QED) is 0.0846. The van der Waals surface area contributed by atoms with Crippen molar-refractivity contribution in [2.24, 2.45) is 0 Å². The van der Waals surface area contributed by atoms with Crippen LogP contribution in [0, 0.1) is 0 Å².